The first kappa shape index (κ1) is 13.5. The van der Waals surface area contributed by atoms with E-state index in [1.165, 1.54) is 12.8 Å². The molecule has 0 unspecified atom stereocenters. The molecule has 0 atom stereocenters. The molecule has 0 aromatic heterocycles. The highest BCUT2D eigenvalue weighted by Gasteiger charge is 2.01. The van der Waals surface area contributed by atoms with Crippen LogP contribution in [0.2, 0.25) is 0 Å². The van der Waals surface area contributed by atoms with Crippen molar-refractivity contribution in [2.24, 2.45) is 5.73 Å². The number of primary amides is 1. The summed E-state index contributed by atoms with van der Waals surface area (Å²) in [6, 6.07) is 6.86. The Bertz CT molecular complexity index is 349. The summed E-state index contributed by atoms with van der Waals surface area (Å²) in [6.45, 7) is 3.74. The van der Waals surface area contributed by atoms with E-state index in [0.29, 0.717) is 12.3 Å². The Morgan fingerprint density at radius 2 is 2.00 bits per heavy atom. The highest BCUT2D eigenvalue weighted by atomic mass is 16.5. The predicted octanol–water partition coefficient (Wildman–Crippen LogP) is 1.85. The average molecular weight is 236 g/mol. The van der Waals surface area contributed by atoms with Crippen molar-refractivity contribution in [2.75, 3.05) is 20.3 Å². The summed E-state index contributed by atoms with van der Waals surface area (Å²) in [5.74, 6) is 0.329. The highest BCUT2D eigenvalue weighted by molar-refractivity contribution is 5.92. The summed E-state index contributed by atoms with van der Waals surface area (Å²) in [5, 5.41) is 0. The standard InChI is InChI=1S/C13H20N2O2/c1-3-4-9-15(2)10-17-12-7-5-11(6-8-12)13(14)16/h5-8H,3-4,9-10H2,1-2H3,(H2,14,16). The van der Waals surface area contributed by atoms with Crippen LogP contribution in [0, 0.1) is 0 Å². The second-order valence-electron chi connectivity index (χ2n) is 4.10. The molecule has 0 spiro atoms. The third kappa shape index (κ3) is 4.87. The normalized spacial score (nSPS) is 10.5. The fraction of sp³-hybridized carbons (Fsp3) is 0.462. The van der Waals surface area contributed by atoms with Crippen LogP contribution in [0.25, 0.3) is 0 Å². The number of benzene rings is 1. The molecular weight excluding hydrogens is 216 g/mol. The number of nitrogens with zero attached hydrogens (tertiary/aromatic N) is 1. The van der Waals surface area contributed by atoms with E-state index in [2.05, 4.69) is 11.8 Å². The van der Waals surface area contributed by atoms with Crippen LogP contribution in [0.1, 0.15) is 30.1 Å². The smallest absolute Gasteiger partial charge is 0.248 e. The van der Waals surface area contributed by atoms with Crippen molar-refractivity contribution >= 4 is 5.91 Å². The number of hydrogen-bond acceptors (Lipinski definition) is 3. The fourth-order valence-electron chi connectivity index (χ4n) is 1.39. The van der Waals surface area contributed by atoms with Crippen molar-refractivity contribution in [3.8, 4) is 5.75 Å². The van der Waals surface area contributed by atoms with Crippen LogP contribution >= 0.6 is 0 Å². The molecule has 0 aliphatic heterocycles. The van der Waals surface area contributed by atoms with Gasteiger partial charge in [-0.15, -0.1) is 0 Å². The van der Waals surface area contributed by atoms with Crippen LogP contribution in [0.15, 0.2) is 24.3 Å². The Kier molecular flexibility index (Phi) is 5.49. The van der Waals surface area contributed by atoms with Crippen molar-refractivity contribution in [1.82, 2.24) is 4.90 Å². The minimum atomic E-state index is -0.420. The van der Waals surface area contributed by atoms with Gasteiger partial charge in [0.05, 0.1) is 0 Å². The van der Waals surface area contributed by atoms with Crippen molar-refractivity contribution in [1.29, 1.82) is 0 Å². The molecular formula is C13H20N2O2. The van der Waals surface area contributed by atoms with Crippen molar-refractivity contribution in [3.63, 3.8) is 0 Å². The van der Waals surface area contributed by atoms with Gasteiger partial charge in [0.15, 0.2) is 0 Å². The summed E-state index contributed by atoms with van der Waals surface area (Å²) in [6.07, 6.45) is 2.35. The van der Waals surface area contributed by atoms with Gasteiger partial charge in [-0.3, -0.25) is 9.69 Å². The summed E-state index contributed by atoms with van der Waals surface area (Å²) < 4.78 is 5.57. The van der Waals surface area contributed by atoms with Gasteiger partial charge < -0.3 is 10.5 Å². The minimum absolute atomic E-state index is 0.420. The Balaban J connectivity index is 2.39. The number of carbonyl (C=O) groups is 1. The summed E-state index contributed by atoms with van der Waals surface area (Å²) >= 11 is 0. The van der Waals surface area contributed by atoms with Gasteiger partial charge in [0.25, 0.3) is 0 Å². The van der Waals surface area contributed by atoms with E-state index in [9.17, 15) is 4.79 Å². The van der Waals surface area contributed by atoms with E-state index in [1.807, 2.05) is 7.05 Å². The molecule has 1 amide bonds. The van der Waals surface area contributed by atoms with Crippen LogP contribution in [0.4, 0.5) is 0 Å². The minimum Gasteiger partial charge on any atom is -0.478 e. The lowest BCUT2D eigenvalue weighted by molar-refractivity contribution is 0.1000. The lowest BCUT2D eigenvalue weighted by Gasteiger charge is -2.16. The molecule has 0 heterocycles. The summed E-state index contributed by atoms with van der Waals surface area (Å²) in [5.41, 5.74) is 5.65. The Hall–Kier alpha value is -1.55. The van der Waals surface area contributed by atoms with E-state index in [4.69, 9.17) is 10.5 Å². The second-order valence-corrected chi connectivity index (χ2v) is 4.10. The number of rotatable bonds is 7. The molecule has 0 radical (unpaired) electrons. The number of carbonyl (C=O) groups excluding carboxylic acids is 1. The lowest BCUT2D eigenvalue weighted by Crippen LogP contribution is -2.24. The molecule has 0 aliphatic carbocycles. The van der Waals surface area contributed by atoms with Crippen molar-refractivity contribution in [3.05, 3.63) is 29.8 Å². The number of unbranched alkanes of at least 4 members (excludes halogenated alkanes) is 1. The second kappa shape index (κ2) is 6.91. The molecule has 17 heavy (non-hydrogen) atoms. The molecule has 0 saturated heterocycles. The molecule has 4 nitrogen and oxygen atoms in total. The lowest BCUT2D eigenvalue weighted by atomic mass is 10.2. The zero-order valence-electron chi connectivity index (χ0n) is 10.5. The largest absolute Gasteiger partial charge is 0.478 e. The monoisotopic (exact) mass is 236 g/mol. The molecule has 0 aliphatic rings. The SMILES string of the molecule is CCCCN(C)COc1ccc(C(N)=O)cc1. The third-order valence-corrected chi connectivity index (χ3v) is 2.48. The van der Waals surface area contributed by atoms with Gasteiger partial charge >= 0.3 is 0 Å². The van der Waals surface area contributed by atoms with Crippen molar-refractivity contribution in [2.45, 2.75) is 19.8 Å². The van der Waals surface area contributed by atoms with Crippen LogP contribution < -0.4 is 10.5 Å². The van der Waals surface area contributed by atoms with Crippen LogP contribution in [0.3, 0.4) is 0 Å². The van der Waals surface area contributed by atoms with Crippen LogP contribution in [0.5, 0.6) is 5.75 Å². The van der Waals surface area contributed by atoms with E-state index < -0.39 is 5.91 Å². The number of nitrogens with two attached hydrogens (primary N) is 1. The molecule has 2 N–H and O–H groups in total. The maximum Gasteiger partial charge on any atom is 0.248 e. The molecule has 0 bridgehead atoms. The predicted molar refractivity (Wildman–Crippen MR) is 68.0 cm³/mol. The zero-order chi connectivity index (χ0) is 12.7. The van der Waals surface area contributed by atoms with E-state index in [0.717, 1.165) is 12.3 Å². The summed E-state index contributed by atoms with van der Waals surface area (Å²) in [4.78, 5) is 13.0. The van der Waals surface area contributed by atoms with Gasteiger partial charge in [-0.25, -0.2) is 0 Å². The van der Waals surface area contributed by atoms with Gasteiger partial charge in [0.1, 0.15) is 12.5 Å². The number of amides is 1. The Labute approximate surface area is 102 Å². The first-order valence-electron chi connectivity index (χ1n) is 5.84. The molecule has 1 rings (SSSR count). The molecule has 1 aromatic rings. The highest BCUT2D eigenvalue weighted by Crippen LogP contribution is 2.12. The Morgan fingerprint density at radius 1 is 1.35 bits per heavy atom. The van der Waals surface area contributed by atoms with E-state index in [1.54, 1.807) is 24.3 Å². The first-order chi connectivity index (χ1) is 8.13. The summed E-state index contributed by atoms with van der Waals surface area (Å²) in [7, 11) is 2.02. The van der Waals surface area contributed by atoms with E-state index in [-0.39, 0.29) is 0 Å². The van der Waals surface area contributed by atoms with Crippen LogP contribution in [-0.2, 0) is 0 Å². The maximum absolute atomic E-state index is 10.9. The van der Waals surface area contributed by atoms with Crippen molar-refractivity contribution < 1.29 is 9.53 Å². The molecule has 4 heteroatoms. The zero-order valence-corrected chi connectivity index (χ0v) is 10.5. The molecule has 94 valence electrons. The van der Waals surface area contributed by atoms with Gasteiger partial charge in [0, 0.05) is 12.1 Å². The first-order valence-corrected chi connectivity index (χ1v) is 5.84. The quantitative estimate of drug-likeness (QED) is 0.735. The van der Waals surface area contributed by atoms with Crippen LogP contribution in [-0.4, -0.2) is 31.1 Å². The van der Waals surface area contributed by atoms with E-state index >= 15 is 0 Å². The van der Waals surface area contributed by atoms with Gasteiger partial charge in [-0.05, 0) is 37.7 Å². The fourth-order valence-corrected chi connectivity index (χ4v) is 1.39. The Morgan fingerprint density at radius 3 is 2.53 bits per heavy atom. The van der Waals surface area contributed by atoms with Gasteiger partial charge in [-0.1, -0.05) is 13.3 Å². The number of hydrogen-bond donors (Lipinski definition) is 1. The molecule has 0 saturated carbocycles. The topological polar surface area (TPSA) is 55.6 Å². The molecule has 1 aromatic carbocycles. The average Bonchev–Trinajstić information content (AvgIpc) is 2.34. The number of ether oxygens (including phenoxy) is 1. The maximum atomic E-state index is 10.9. The van der Waals surface area contributed by atoms with Gasteiger partial charge in [0.2, 0.25) is 5.91 Å². The van der Waals surface area contributed by atoms with Gasteiger partial charge in [-0.2, -0.15) is 0 Å². The third-order valence-electron chi connectivity index (χ3n) is 2.48. The molecule has 0 fully saturated rings.